The molecule has 1 saturated carbocycles. The molecule has 25 heavy (non-hydrogen) atoms. The summed E-state index contributed by atoms with van der Waals surface area (Å²) < 4.78 is 0. The molecule has 1 aliphatic rings. The number of amides is 2. The van der Waals surface area contributed by atoms with E-state index in [-0.39, 0.29) is 16.8 Å². The average molecular weight is 377 g/mol. The number of carbonyl (C=O) groups is 2. The SMILES string of the molecule is CN(Cc1ccc(C(=O)NC2CC2)cc1)C(=O)c1cccc(Cl)c1Cl. The molecule has 0 heterocycles. The fraction of sp³-hybridized carbons (Fsp3) is 0.263. The highest BCUT2D eigenvalue weighted by molar-refractivity contribution is 6.43. The van der Waals surface area contributed by atoms with Crippen molar-refractivity contribution in [2.45, 2.75) is 25.4 Å². The van der Waals surface area contributed by atoms with E-state index in [1.54, 1.807) is 42.3 Å². The third kappa shape index (κ3) is 4.33. The molecule has 0 saturated heterocycles. The summed E-state index contributed by atoms with van der Waals surface area (Å²) in [5, 5.41) is 3.56. The van der Waals surface area contributed by atoms with E-state index in [1.165, 1.54) is 0 Å². The van der Waals surface area contributed by atoms with Gasteiger partial charge in [-0.15, -0.1) is 0 Å². The smallest absolute Gasteiger partial charge is 0.255 e. The molecule has 0 radical (unpaired) electrons. The molecule has 2 amide bonds. The Bertz CT molecular complexity index is 802. The highest BCUT2D eigenvalue weighted by Gasteiger charge is 2.23. The Balaban J connectivity index is 1.65. The summed E-state index contributed by atoms with van der Waals surface area (Å²) >= 11 is 12.1. The van der Waals surface area contributed by atoms with Crippen molar-refractivity contribution < 1.29 is 9.59 Å². The van der Waals surface area contributed by atoms with Crippen molar-refractivity contribution in [3.8, 4) is 0 Å². The normalized spacial score (nSPS) is 13.4. The Morgan fingerprint density at radius 1 is 1.12 bits per heavy atom. The minimum Gasteiger partial charge on any atom is -0.349 e. The number of benzene rings is 2. The first-order valence-electron chi connectivity index (χ1n) is 8.05. The predicted octanol–water partition coefficient (Wildman–Crippen LogP) is 4.16. The van der Waals surface area contributed by atoms with Crippen LogP contribution in [0, 0.1) is 0 Å². The minimum absolute atomic E-state index is 0.0517. The summed E-state index contributed by atoms with van der Waals surface area (Å²) in [5.74, 6) is -0.257. The molecule has 0 aromatic heterocycles. The van der Waals surface area contributed by atoms with Crippen LogP contribution in [0.25, 0.3) is 0 Å². The van der Waals surface area contributed by atoms with Crippen molar-refractivity contribution in [2.24, 2.45) is 0 Å². The zero-order valence-corrected chi connectivity index (χ0v) is 15.3. The predicted molar refractivity (Wildman–Crippen MR) is 99.2 cm³/mol. The number of hydrogen-bond donors (Lipinski definition) is 1. The number of nitrogens with zero attached hydrogens (tertiary/aromatic N) is 1. The van der Waals surface area contributed by atoms with Gasteiger partial charge >= 0.3 is 0 Å². The van der Waals surface area contributed by atoms with Gasteiger partial charge in [0.1, 0.15) is 0 Å². The summed E-state index contributed by atoms with van der Waals surface area (Å²) in [6.45, 7) is 0.409. The van der Waals surface area contributed by atoms with Crippen molar-refractivity contribution in [1.82, 2.24) is 10.2 Å². The van der Waals surface area contributed by atoms with Gasteiger partial charge in [0.15, 0.2) is 0 Å². The highest BCUT2D eigenvalue weighted by Crippen LogP contribution is 2.26. The highest BCUT2D eigenvalue weighted by atomic mass is 35.5. The van der Waals surface area contributed by atoms with Gasteiger partial charge < -0.3 is 10.2 Å². The van der Waals surface area contributed by atoms with Gasteiger partial charge in [0.25, 0.3) is 11.8 Å². The van der Waals surface area contributed by atoms with Crippen LogP contribution in [-0.2, 0) is 6.54 Å². The zero-order valence-electron chi connectivity index (χ0n) is 13.8. The van der Waals surface area contributed by atoms with Crippen LogP contribution in [0.5, 0.6) is 0 Å². The lowest BCUT2D eigenvalue weighted by Crippen LogP contribution is -2.27. The van der Waals surface area contributed by atoms with Gasteiger partial charge in [-0.3, -0.25) is 9.59 Å². The molecular weight excluding hydrogens is 359 g/mol. The first-order chi connectivity index (χ1) is 12.0. The van der Waals surface area contributed by atoms with E-state index in [0.717, 1.165) is 18.4 Å². The third-order valence-electron chi connectivity index (χ3n) is 4.08. The Kier molecular flexibility index (Phi) is 5.30. The molecule has 0 unspecified atom stereocenters. The second kappa shape index (κ2) is 7.46. The van der Waals surface area contributed by atoms with Crippen molar-refractivity contribution in [3.63, 3.8) is 0 Å². The largest absolute Gasteiger partial charge is 0.349 e. The Morgan fingerprint density at radius 3 is 2.44 bits per heavy atom. The summed E-state index contributed by atoms with van der Waals surface area (Å²) in [6.07, 6.45) is 2.12. The maximum Gasteiger partial charge on any atom is 0.255 e. The van der Waals surface area contributed by atoms with Crippen LogP contribution in [-0.4, -0.2) is 29.8 Å². The molecule has 6 heteroatoms. The number of carbonyl (C=O) groups excluding carboxylic acids is 2. The molecule has 4 nitrogen and oxygen atoms in total. The Morgan fingerprint density at radius 2 is 1.80 bits per heavy atom. The van der Waals surface area contributed by atoms with E-state index < -0.39 is 0 Å². The van der Waals surface area contributed by atoms with Gasteiger partial charge in [-0.1, -0.05) is 41.4 Å². The topological polar surface area (TPSA) is 49.4 Å². The minimum atomic E-state index is -0.206. The van der Waals surface area contributed by atoms with Crippen molar-refractivity contribution in [2.75, 3.05) is 7.05 Å². The monoisotopic (exact) mass is 376 g/mol. The van der Waals surface area contributed by atoms with Crippen LogP contribution in [0.2, 0.25) is 10.0 Å². The van der Waals surface area contributed by atoms with Crippen LogP contribution < -0.4 is 5.32 Å². The standard InChI is InChI=1S/C19H18Cl2N2O2/c1-23(19(25)15-3-2-4-16(20)17(15)21)11-12-5-7-13(8-6-12)18(24)22-14-9-10-14/h2-8,14H,9-11H2,1H3,(H,22,24). The number of nitrogens with one attached hydrogen (secondary N) is 1. The molecule has 1 N–H and O–H groups in total. The first kappa shape index (κ1) is 17.8. The summed E-state index contributed by atoms with van der Waals surface area (Å²) in [7, 11) is 1.70. The summed E-state index contributed by atoms with van der Waals surface area (Å²) in [6, 6.07) is 12.6. The third-order valence-corrected chi connectivity index (χ3v) is 4.90. The van der Waals surface area contributed by atoms with Crippen LogP contribution in [0.1, 0.15) is 39.1 Å². The van der Waals surface area contributed by atoms with E-state index in [0.29, 0.717) is 28.7 Å². The van der Waals surface area contributed by atoms with E-state index in [4.69, 9.17) is 23.2 Å². The number of hydrogen-bond acceptors (Lipinski definition) is 2. The molecule has 0 bridgehead atoms. The summed E-state index contributed by atoms with van der Waals surface area (Å²) in [5.41, 5.74) is 1.93. The van der Waals surface area contributed by atoms with Crippen LogP contribution in [0.3, 0.4) is 0 Å². The maximum absolute atomic E-state index is 12.5. The van der Waals surface area contributed by atoms with E-state index >= 15 is 0 Å². The lowest BCUT2D eigenvalue weighted by molar-refractivity contribution is 0.0784. The van der Waals surface area contributed by atoms with Gasteiger partial charge in [-0.25, -0.2) is 0 Å². The van der Waals surface area contributed by atoms with Gasteiger partial charge in [0, 0.05) is 25.2 Å². The molecule has 0 spiro atoms. The van der Waals surface area contributed by atoms with E-state index in [9.17, 15) is 9.59 Å². The van der Waals surface area contributed by atoms with Crippen molar-refractivity contribution in [3.05, 3.63) is 69.2 Å². The lowest BCUT2D eigenvalue weighted by Gasteiger charge is -2.18. The molecule has 130 valence electrons. The van der Waals surface area contributed by atoms with Gasteiger partial charge in [0.2, 0.25) is 0 Å². The lowest BCUT2D eigenvalue weighted by atomic mass is 10.1. The van der Waals surface area contributed by atoms with Crippen LogP contribution in [0.4, 0.5) is 0 Å². The maximum atomic E-state index is 12.5. The van der Waals surface area contributed by atoms with Gasteiger partial charge in [-0.05, 0) is 42.7 Å². The summed E-state index contributed by atoms with van der Waals surface area (Å²) in [4.78, 5) is 26.1. The molecule has 1 aliphatic carbocycles. The fourth-order valence-electron chi connectivity index (χ4n) is 2.48. The number of halogens is 2. The number of rotatable bonds is 5. The van der Waals surface area contributed by atoms with E-state index in [1.807, 2.05) is 12.1 Å². The Hall–Kier alpha value is -2.04. The van der Waals surface area contributed by atoms with Gasteiger partial charge in [-0.2, -0.15) is 0 Å². The average Bonchev–Trinajstić information content (AvgIpc) is 3.41. The molecule has 2 aromatic carbocycles. The zero-order chi connectivity index (χ0) is 18.0. The molecular formula is C19H18Cl2N2O2. The second-order valence-corrected chi connectivity index (χ2v) is 6.99. The quantitative estimate of drug-likeness (QED) is 0.851. The van der Waals surface area contributed by atoms with Crippen molar-refractivity contribution in [1.29, 1.82) is 0 Å². The molecule has 1 fully saturated rings. The fourth-order valence-corrected chi connectivity index (χ4v) is 2.86. The van der Waals surface area contributed by atoms with Crippen LogP contribution >= 0.6 is 23.2 Å². The second-order valence-electron chi connectivity index (χ2n) is 6.21. The first-order valence-corrected chi connectivity index (χ1v) is 8.80. The Labute approximate surface area is 156 Å². The van der Waals surface area contributed by atoms with Crippen molar-refractivity contribution >= 4 is 35.0 Å². The molecule has 0 aliphatic heterocycles. The van der Waals surface area contributed by atoms with Gasteiger partial charge in [0.05, 0.1) is 15.6 Å². The van der Waals surface area contributed by atoms with E-state index in [2.05, 4.69) is 5.32 Å². The molecule has 3 rings (SSSR count). The molecule has 2 aromatic rings. The molecule has 0 atom stereocenters. The van der Waals surface area contributed by atoms with Crippen LogP contribution in [0.15, 0.2) is 42.5 Å².